The number of ether oxygens (including phenoxy) is 1. The summed E-state index contributed by atoms with van der Waals surface area (Å²) in [6, 6.07) is 0. The maximum absolute atomic E-state index is 9.84. The van der Waals surface area contributed by atoms with E-state index in [2.05, 4.69) is 21.2 Å². The van der Waals surface area contributed by atoms with Gasteiger partial charge >= 0.3 is 37.0 Å². The number of carbonyl (C=O) groups excluding carboxylic acids is 1. The van der Waals surface area contributed by atoms with Gasteiger partial charge in [0.15, 0.2) is 0 Å². The molecule has 0 aliphatic rings. The first-order valence-corrected chi connectivity index (χ1v) is 8.22. The van der Waals surface area contributed by atoms with Crippen molar-refractivity contribution in [1.82, 2.24) is 0 Å². The Kier molecular flexibility index (Phi) is 14.2. The molecule has 0 heterocycles. The first kappa shape index (κ1) is 11.8. The van der Waals surface area contributed by atoms with Crippen molar-refractivity contribution in [3.05, 3.63) is 12.7 Å². The van der Waals surface area contributed by atoms with E-state index in [-0.39, 0.29) is 21.1 Å². The molecule has 2 nitrogen and oxygen atoms in total. The van der Waals surface area contributed by atoms with E-state index >= 15 is 0 Å². The van der Waals surface area contributed by atoms with Crippen molar-refractivity contribution in [1.29, 1.82) is 0 Å². The minimum atomic E-state index is -0.394. The molecule has 0 bridgehead atoms. The first-order chi connectivity index (χ1) is 4.22. The van der Waals surface area contributed by atoms with Crippen LogP contribution in [0.5, 0.6) is 0 Å². The molecule has 3 heteroatoms. The number of rotatable bonds is 1. The zero-order valence-corrected chi connectivity index (χ0v) is 8.96. The maximum atomic E-state index is 9.84. The van der Waals surface area contributed by atoms with Gasteiger partial charge in [-0.15, -0.1) is 0 Å². The summed E-state index contributed by atoms with van der Waals surface area (Å²) in [7, 11) is 1.31. The molecule has 0 aromatic carbocycles. The second-order valence-corrected chi connectivity index (χ2v) is 4.08. The summed E-state index contributed by atoms with van der Waals surface area (Å²) in [4.78, 5) is 14.4. The van der Waals surface area contributed by atoms with E-state index in [9.17, 15) is 4.79 Å². The van der Waals surface area contributed by atoms with Crippen molar-refractivity contribution >= 4 is 27.1 Å². The molecule has 52 valence electrons. The Labute approximate surface area is 66.5 Å². The fraction of sp³-hybridized carbons (Fsp3) is 0.500. The van der Waals surface area contributed by atoms with E-state index in [1.807, 2.05) is 0 Å². The summed E-state index contributed by atoms with van der Waals surface area (Å²) in [6.07, 6.45) is 1.11. The summed E-state index contributed by atoms with van der Waals surface area (Å²) < 4.78 is 4.14. The summed E-state index contributed by atoms with van der Waals surface area (Å²) in [5.41, 5.74) is 0. The quantitative estimate of drug-likeness (QED) is 0.386. The molecule has 0 saturated heterocycles. The average molecular weight is 235 g/mol. The molecule has 0 spiro atoms. The predicted molar refractivity (Wildman–Crippen MR) is 39.7 cm³/mol. The number of hydrogen-bond acceptors (Lipinski definition) is 2. The van der Waals surface area contributed by atoms with E-state index < -0.39 is 5.97 Å². The van der Waals surface area contributed by atoms with Crippen LogP contribution in [0.15, 0.2) is 12.7 Å². The molecule has 9 heavy (non-hydrogen) atoms. The molecule has 0 unspecified atom stereocenters. The van der Waals surface area contributed by atoms with E-state index in [1.54, 1.807) is 0 Å². The molecule has 0 aromatic heterocycles. The minimum absolute atomic E-state index is 0.230. The Bertz CT molecular complexity index is 81.1. The predicted octanol–water partition coefficient (Wildman–Crippen LogP) is 1.13. The monoisotopic (exact) mass is 236 g/mol. The van der Waals surface area contributed by atoms with Crippen LogP contribution in [0, 0.1) is 0 Å². The molecule has 0 saturated carbocycles. The van der Waals surface area contributed by atoms with Gasteiger partial charge in [-0.3, -0.25) is 0 Å². The molecule has 0 fully saturated rings. The summed E-state index contributed by atoms with van der Waals surface area (Å²) in [6.45, 7) is 3.16. The van der Waals surface area contributed by atoms with Crippen LogP contribution in [-0.2, 0) is 9.53 Å². The fourth-order valence-electron chi connectivity index (χ4n) is 0.0833. The van der Waals surface area contributed by atoms with Gasteiger partial charge in [-0.05, 0) is 0 Å². The van der Waals surface area contributed by atoms with Gasteiger partial charge in [-0.1, -0.05) is 6.58 Å². The van der Waals surface area contributed by atoms with E-state index in [4.69, 9.17) is 0 Å². The van der Waals surface area contributed by atoms with Crippen LogP contribution in [0.3, 0.4) is 0 Å². The fourth-order valence-corrected chi connectivity index (χ4v) is 0.0833. The molecular weight excluding hydrogens is 223 g/mol. The molecule has 0 aliphatic heterocycles. The van der Waals surface area contributed by atoms with Gasteiger partial charge in [0.25, 0.3) is 0 Å². The van der Waals surface area contributed by atoms with Crippen molar-refractivity contribution in [3.63, 3.8) is 0 Å². The van der Waals surface area contributed by atoms with Gasteiger partial charge in [0.2, 0.25) is 0 Å². The van der Waals surface area contributed by atoms with Gasteiger partial charge in [-0.25, -0.2) is 4.79 Å². The molecule has 0 atom stereocenters. The molecule has 2 radical (unpaired) electrons. The number of hydrogen-bond donors (Lipinski definition) is 0. The average Bonchev–Trinajstić information content (AvgIpc) is 1.88. The van der Waals surface area contributed by atoms with Crippen LogP contribution in [0.4, 0.5) is 0 Å². The Morgan fingerprint density at radius 1 is 1.67 bits per heavy atom. The van der Waals surface area contributed by atoms with Gasteiger partial charge in [0, 0.05) is 6.08 Å². The van der Waals surface area contributed by atoms with Crippen molar-refractivity contribution < 1.29 is 9.53 Å². The number of esters is 1. The Morgan fingerprint density at radius 2 is 2.00 bits per heavy atom. The van der Waals surface area contributed by atoms with Crippen molar-refractivity contribution in [2.45, 2.75) is 9.88 Å². The van der Waals surface area contributed by atoms with Crippen LogP contribution >= 0.6 is 0 Å². The van der Waals surface area contributed by atoms with Crippen LogP contribution in [0.2, 0.25) is 9.88 Å². The Morgan fingerprint density at radius 3 is 2.00 bits per heavy atom. The number of methoxy groups -OCH3 is 1. The molecule has 0 aromatic rings. The second-order valence-electron chi connectivity index (χ2n) is 1.23. The van der Waals surface area contributed by atoms with Crippen molar-refractivity contribution in [2.24, 2.45) is 0 Å². The Balaban J connectivity index is 0. The summed E-state index contributed by atoms with van der Waals surface area (Å²) >= 11 is 0.230. The standard InChI is InChI=1S/C4H6O2.2CH3.Sn/c1-3-4(5)6-2;;;/h3H,1H2,2H3;2*1H3;. The topological polar surface area (TPSA) is 26.3 Å². The van der Waals surface area contributed by atoms with Crippen LogP contribution in [-0.4, -0.2) is 34.2 Å². The third-order valence-electron chi connectivity index (χ3n) is 0.368. The number of carbonyl (C=O) groups is 1. The van der Waals surface area contributed by atoms with Gasteiger partial charge in [-0.2, -0.15) is 0 Å². The Hall–Kier alpha value is 0.00870. The van der Waals surface area contributed by atoms with Crippen LogP contribution in [0.1, 0.15) is 0 Å². The molecule has 0 N–H and O–H groups in total. The molecule has 0 rings (SSSR count). The third-order valence-corrected chi connectivity index (χ3v) is 0.368. The van der Waals surface area contributed by atoms with E-state index in [0.717, 1.165) is 6.08 Å². The first-order valence-electron chi connectivity index (χ1n) is 2.51. The molecule has 0 amide bonds. The van der Waals surface area contributed by atoms with Gasteiger partial charge < -0.3 is 4.74 Å². The summed E-state index contributed by atoms with van der Waals surface area (Å²) in [5, 5.41) is 0. The van der Waals surface area contributed by atoms with Crippen LogP contribution < -0.4 is 0 Å². The molecular formula is C6H12O2Sn. The van der Waals surface area contributed by atoms with E-state index in [0.29, 0.717) is 0 Å². The van der Waals surface area contributed by atoms with Crippen LogP contribution in [0.25, 0.3) is 0 Å². The summed E-state index contributed by atoms with van der Waals surface area (Å²) in [5.74, 6) is -0.394. The van der Waals surface area contributed by atoms with Gasteiger partial charge in [0.05, 0.1) is 7.11 Å². The third kappa shape index (κ3) is 18.0. The zero-order chi connectivity index (χ0) is 7.70. The van der Waals surface area contributed by atoms with Gasteiger partial charge in [0.1, 0.15) is 0 Å². The zero-order valence-electron chi connectivity index (χ0n) is 6.10. The second kappa shape index (κ2) is 10.9. The normalized spacial score (nSPS) is 6.56. The molecule has 0 aliphatic carbocycles. The van der Waals surface area contributed by atoms with Crippen molar-refractivity contribution in [2.75, 3.05) is 7.11 Å². The van der Waals surface area contributed by atoms with E-state index in [1.165, 1.54) is 7.11 Å². The van der Waals surface area contributed by atoms with Crippen molar-refractivity contribution in [3.8, 4) is 0 Å². The SMILES string of the molecule is C=CC(=O)OC.[CH3][Sn][CH3].